The van der Waals surface area contributed by atoms with E-state index in [0.29, 0.717) is 0 Å². The lowest BCUT2D eigenvalue weighted by molar-refractivity contribution is 0.110. The molecule has 0 N–H and O–H groups in total. The number of halogens is 1. The Labute approximate surface area is 401 Å². The lowest BCUT2D eigenvalue weighted by Gasteiger charge is -2.38. The van der Waals surface area contributed by atoms with Crippen LogP contribution in [0.2, 0.25) is 0 Å². The number of hydrogen-bond donors (Lipinski definition) is 0. The maximum Gasteiger partial charge on any atom is 0.181 e. The first-order valence-corrected chi connectivity index (χ1v) is 26.1. The van der Waals surface area contributed by atoms with Gasteiger partial charge in [-0.25, -0.2) is 0 Å². The van der Waals surface area contributed by atoms with Crippen molar-refractivity contribution >= 4 is 112 Å². The van der Waals surface area contributed by atoms with Crippen LogP contribution in [-0.4, -0.2) is 18.7 Å². The fourth-order valence-electron chi connectivity index (χ4n) is 11.6. The van der Waals surface area contributed by atoms with Gasteiger partial charge in [-0.1, -0.05) is 182 Å². The van der Waals surface area contributed by atoms with E-state index in [9.17, 15) is 0 Å². The minimum atomic E-state index is -3.29. The van der Waals surface area contributed by atoms with Gasteiger partial charge in [-0.2, -0.15) is 0 Å². The Kier molecular flexibility index (Phi) is 9.53. The van der Waals surface area contributed by atoms with Crippen molar-refractivity contribution < 1.29 is 4.74 Å². The third-order valence-electron chi connectivity index (χ3n) is 14.4. The molecule has 2 atom stereocenters. The van der Waals surface area contributed by atoms with Gasteiger partial charge < -0.3 is 14.5 Å². The summed E-state index contributed by atoms with van der Waals surface area (Å²) in [6.07, 6.45) is 1.83. The Morgan fingerprint density at radius 3 is 1.39 bits per heavy atom. The summed E-state index contributed by atoms with van der Waals surface area (Å²) in [7, 11) is -3.29. The van der Waals surface area contributed by atoms with Crippen LogP contribution in [0.3, 0.4) is 0 Å². The topological polar surface area (TPSA) is 15.7 Å². The summed E-state index contributed by atoms with van der Waals surface area (Å²) in [6.45, 7) is 0. The zero-order valence-corrected chi connectivity index (χ0v) is 39.4. The number of alkyl halides is 1. The third kappa shape index (κ3) is 6.26. The second-order valence-electron chi connectivity index (χ2n) is 17.9. The molecule has 320 valence electrons. The minimum absolute atomic E-state index is 0.0392. The quantitative estimate of drug-likeness (QED) is 0.112. The molecule has 0 aliphatic carbocycles. The smallest absolute Gasteiger partial charge is 0.181 e. The van der Waals surface area contributed by atoms with Crippen LogP contribution in [0.15, 0.2) is 243 Å². The van der Waals surface area contributed by atoms with Gasteiger partial charge in [0, 0.05) is 39.1 Å². The summed E-state index contributed by atoms with van der Waals surface area (Å²) >= 11 is 4.32. The highest BCUT2D eigenvalue weighted by Gasteiger charge is 2.57. The Bertz CT molecular complexity index is 3490. The fourth-order valence-corrected chi connectivity index (χ4v) is 17.7. The van der Waals surface area contributed by atoms with E-state index in [1.165, 1.54) is 64.6 Å². The number of nitrogens with zero attached hydrogens (tertiary/aromatic N) is 2. The monoisotopic (exact) mass is 940 g/mol. The van der Waals surface area contributed by atoms with Crippen LogP contribution in [0.25, 0.3) is 32.7 Å². The lowest BCUT2D eigenvalue weighted by Crippen LogP contribution is -2.75. The second-order valence-corrected chi connectivity index (χ2v) is 23.0. The summed E-state index contributed by atoms with van der Waals surface area (Å²) in [5.74, 6) is 0. The third-order valence-corrected chi connectivity index (χ3v) is 20.2. The maximum atomic E-state index is 7.12. The van der Waals surface area contributed by atoms with Gasteiger partial charge in [-0.3, -0.25) is 0 Å². The average molecular weight is 942 g/mol. The predicted octanol–water partition coefficient (Wildman–Crippen LogP) is 13.8. The van der Waals surface area contributed by atoms with Gasteiger partial charge in [-0.15, -0.1) is 0 Å². The van der Waals surface area contributed by atoms with Crippen molar-refractivity contribution in [3.63, 3.8) is 0 Å². The summed E-state index contributed by atoms with van der Waals surface area (Å²) < 4.78 is 6.52. The summed E-state index contributed by atoms with van der Waals surface area (Å²) in [5, 5.41) is 10.2. The molecule has 0 amide bonds. The van der Waals surface area contributed by atoms with Crippen molar-refractivity contribution in [1.29, 1.82) is 0 Å². The number of fused-ring (bicyclic) bond motifs is 10. The van der Waals surface area contributed by atoms with Crippen molar-refractivity contribution in [2.45, 2.75) is 23.5 Å². The molecule has 3 nitrogen and oxygen atoms in total. The first-order chi connectivity index (χ1) is 33.1. The van der Waals surface area contributed by atoms with Gasteiger partial charge in [0.2, 0.25) is 0 Å². The Morgan fingerprint density at radius 1 is 0.433 bits per heavy atom. The first kappa shape index (κ1) is 40.0. The molecular formula is C62H45BrN2OSi. The van der Waals surface area contributed by atoms with E-state index in [0.717, 1.165) is 47.0 Å². The zero-order valence-electron chi connectivity index (χ0n) is 36.8. The molecule has 5 heteroatoms. The molecule has 0 spiro atoms. The van der Waals surface area contributed by atoms with Crippen molar-refractivity contribution in [3.8, 4) is 0 Å². The van der Waals surface area contributed by atoms with E-state index in [-0.39, 0.29) is 6.10 Å². The van der Waals surface area contributed by atoms with E-state index >= 15 is 0 Å². The molecule has 3 heterocycles. The molecule has 0 saturated carbocycles. The number of anilines is 6. The van der Waals surface area contributed by atoms with Crippen LogP contribution in [0, 0.1) is 0 Å². The van der Waals surface area contributed by atoms with E-state index < -0.39 is 12.6 Å². The fraction of sp³-hybridized carbons (Fsp3) is 0.0645. The SMILES string of the molecule is BrC12CCC(O1)C1=C2c2ccc(N(c3ccccc3)c3cccc4ccccc34)cc2[Si](c2ccccc2)(c2ccccc2)c2cc(N(c3ccccc3)c3cccc4ccccc34)ccc21. The molecule has 2 unspecified atom stereocenters. The van der Waals surface area contributed by atoms with Crippen LogP contribution in [0.1, 0.15) is 24.0 Å². The van der Waals surface area contributed by atoms with Crippen molar-refractivity contribution in [2.75, 3.05) is 9.80 Å². The normalized spacial score (nSPS) is 17.7. The molecule has 1 saturated heterocycles. The van der Waals surface area contributed by atoms with E-state index in [2.05, 4.69) is 268 Å². The van der Waals surface area contributed by atoms with Crippen LogP contribution < -0.4 is 30.5 Å². The zero-order chi connectivity index (χ0) is 44.5. The molecule has 13 rings (SSSR count). The van der Waals surface area contributed by atoms with E-state index in [1.807, 2.05) is 0 Å². The molecular weight excluding hydrogens is 897 g/mol. The van der Waals surface area contributed by atoms with Crippen LogP contribution >= 0.6 is 15.9 Å². The summed E-state index contributed by atoms with van der Waals surface area (Å²) in [5.41, 5.74) is 11.8. The standard InChI is InChI=1S/C62H45BrN2OSi/c63-62-40-39-57(66-62)60-53-37-35-47(64(45-23-5-1-6-24-45)55-33-17-21-43-19-13-15-31-51(43)55)41-58(53)67(49-27-9-3-10-28-49,50-29-11-4-12-30-50)59-42-48(36-38-54(59)61(60)62)65(46-25-7-2-8-26-46)56-34-18-22-44-20-14-16-32-52(44)56/h1-38,41-42,57H,39-40H2. The lowest BCUT2D eigenvalue weighted by atomic mass is 9.83. The van der Waals surface area contributed by atoms with Gasteiger partial charge in [0.15, 0.2) is 8.07 Å². The van der Waals surface area contributed by atoms with Crippen LogP contribution in [0.5, 0.6) is 0 Å². The molecule has 0 radical (unpaired) electrons. The Balaban J connectivity index is 1.17. The summed E-state index contributed by atoms with van der Waals surface area (Å²) in [6, 6.07) is 90.2. The van der Waals surface area contributed by atoms with E-state index in [1.54, 1.807) is 0 Å². The first-order valence-electron chi connectivity index (χ1n) is 23.3. The van der Waals surface area contributed by atoms with Gasteiger partial charge in [0.05, 0.1) is 17.5 Å². The van der Waals surface area contributed by atoms with Gasteiger partial charge in [0.25, 0.3) is 0 Å². The number of ether oxygens (including phenoxy) is 1. The maximum absolute atomic E-state index is 7.12. The second kappa shape index (κ2) is 16.0. The highest BCUT2D eigenvalue weighted by Crippen LogP contribution is 2.59. The minimum Gasteiger partial charge on any atom is -0.351 e. The number of hydrogen-bond acceptors (Lipinski definition) is 3. The number of rotatable bonds is 8. The van der Waals surface area contributed by atoms with Crippen LogP contribution in [-0.2, 0) is 4.74 Å². The van der Waals surface area contributed by atoms with E-state index in [4.69, 9.17) is 4.74 Å². The van der Waals surface area contributed by atoms with Gasteiger partial charge >= 0.3 is 0 Å². The highest BCUT2D eigenvalue weighted by molar-refractivity contribution is 9.10. The highest BCUT2D eigenvalue weighted by atomic mass is 79.9. The molecule has 0 aromatic heterocycles. The average Bonchev–Trinajstić information content (AvgIpc) is 3.89. The number of benzene rings is 10. The summed E-state index contributed by atoms with van der Waals surface area (Å²) in [4.78, 5) is 4.93. The van der Waals surface area contributed by atoms with Crippen LogP contribution in [0.4, 0.5) is 34.1 Å². The molecule has 3 aliphatic rings. The number of para-hydroxylation sites is 2. The molecule has 2 bridgehead atoms. The van der Waals surface area contributed by atoms with Gasteiger partial charge in [0.1, 0.15) is 4.51 Å². The van der Waals surface area contributed by atoms with Crippen molar-refractivity contribution in [2.24, 2.45) is 0 Å². The molecule has 1 fully saturated rings. The Morgan fingerprint density at radius 2 is 0.866 bits per heavy atom. The molecule has 67 heavy (non-hydrogen) atoms. The molecule has 3 aliphatic heterocycles. The molecule has 10 aromatic carbocycles. The van der Waals surface area contributed by atoms with Crippen molar-refractivity contribution in [3.05, 3.63) is 254 Å². The molecule has 10 aromatic rings. The largest absolute Gasteiger partial charge is 0.351 e. The Hall–Kier alpha value is -7.28. The van der Waals surface area contributed by atoms with Crippen molar-refractivity contribution in [1.82, 2.24) is 0 Å². The predicted molar refractivity (Wildman–Crippen MR) is 287 cm³/mol. The van der Waals surface area contributed by atoms with Gasteiger partial charge in [-0.05, 0) is 138 Å².